The van der Waals surface area contributed by atoms with Crippen LogP contribution in [0.15, 0.2) is 0 Å². The number of carbonyl (C=O) groups excluding carboxylic acids is 1. The van der Waals surface area contributed by atoms with Gasteiger partial charge in [-0.05, 0) is 6.42 Å². The van der Waals surface area contributed by atoms with E-state index in [1.54, 1.807) is 6.26 Å². The lowest BCUT2D eigenvalue weighted by Gasteiger charge is -2.30. The van der Waals surface area contributed by atoms with E-state index in [-0.39, 0.29) is 18.9 Å². The highest BCUT2D eigenvalue weighted by Crippen LogP contribution is 2.17. The summed E-state index contributed by atoms with van der Waals surface area (Å²) in [5.74, 6) is -0.936. The lowest BCUT2D eigenvalue weighted by atomic mass is 9.98. The van der Waals surface area contributed by atoms with Gasteiger partial charge in [-0.25, -0.2) is 0 Å². The van der Waals surface area contributed by atoms with Gasteiger partial charge in [0.25, 0.3) is 0 Å². The SMILES string of the molecule is CS(=O)CCN1CC(C(=O)O)CCC1=O. The number of amides is 1. The van der Waals surface area contributed by atoms with Crippen LogP contribution < -0.4 is 0 Å². The minimum Gasteiger partial charge on any atom is -0.481 e. The third kappa shape index (κ3) is 3.62. The standard InChI is InChI=1S/C9H15NO4S/c1-15(14)5-4-10-6-7(9(12)13)2-3-8(10)11/h7H,2-6H2,1H3,(H,12,13). The summed E-state index contributed by atoms with van der Waals surface area (Å²) in [6.07, 6.45) is 2.27. The highest BCUT2D eigenvalue weighted by molar-refractivity contribution is 7.84. The number of carboxylic acids is 1. The number of nitrogens with zero attached hydrogens (tertiary/aromatic N) is 1. The van der Waals surface area contributed by atoms with Gasteiger partial charge in [-0.3, -0.25) is 13.8 Å². The molecule has 0 aromatic carbocycles. The average Bonchev–Trinajstić information content (AvgIpc) is 2.16. The molecule has 15 heavy (non-hydrogen) atoms. The molecule has 0 aromatic heterocycles. The van der Waals surface area contributed by atoms with Crippen LogP contribution in [0.5, 0.6) is 0 Å². The predicted molar refractivity (Wildman–Crippen MR) is 55.9 cm³/mol. The number of aliphatic carboxylic acids is 1. The summed E-state index contributed by atoms with van der Waals surface area (Å²) in [7, 11) is -0.945. The molecular weight excluding hydrogens is 218 g/mol. The molecule has 2 atom stereocenters. The topological polar surface area (TPSA) is 74.7 Å². The van der Waals surface area contributed by atoms with Gasteiger partial charge in [0, 0.05) is 42.3 Å². The molecule has 0 saturated carbocycles. The fraction of sp³-hybridized carbons (Fsp3) is 0.778. The van der Waals surface area contributed by atoms with Crippen LogP contribution in [0.2, 0.25) is 0 Å². The molecule has 0 radical (unpaired) electrons. The zero-order valence-corrected chi connectivity index (χ0v) is 9.46. The van der Waals surface area contributed by atoms with Gasteiger partial charge >= 0.3 is 5.97 Å². The van der Waals surface area contributed by atoms with E-state index < -0.39 is 22.7 Å². The normalized spacial score (nSPS) is 23.9. The molecule has 0 spiro atoms. The Morgan fingerprint density at radius 2 is 2.33 bits per heavy atom. The maximum Gasteiger partial charge on any atom is 0.308 e. The molecule has 0 aromatic rings. The fourth-order valence-corrected chi connectivity index (χ4v) is 2.05. The van der Waals surface area contributed by atoms with E-state index >= 15 is 0 Å². The molecule has 1 heterocycles. The Morgan fingerprint density at radius 1 is 1.67 bits per heavy atom. The van der Waals surface area contributed by atoms with Crippen LogP contribution in [-0.2, 0) is 20.4 Å². The van der Waals surface area contributed by atoms with Gasteiger partial charge in [-0.15, -0.1) is 0 Å². The van der Waals surface area contributed by atoms with Crippen molar-refractivity contribution in [1.29, 1.82) is 0 Å². The molecule has 0 bridgehead atoms. The Balaban J connectivity index is 2.50. The number of likely N-dealkylation sites (tertiary alicyclic amines) is 1. The zero-order valence-electron chi connectivity index (χ0n) is 8.64. The quantitative estimate of drug-likeness (QED) is 0.722. The smallest absolute Gasteiger partial charge is 0.308 e. The lowest BCUT2D eigenvalue weighted by molar-refractivity contribution is -0.147. The summed E-state index contributed by atoms with van der Waals surface area (Å²) in [6, 6.07) is 0. The summed E-state index contributed by atoms with van der Waals surface area (Å²) < 4.78 is 10.9. The third-order valence-electron chi connectivity index (χ3n) is 2.50. The number of carbonyl (C=O) groups is 2. The Bertz CT molecular complexity index is 292. The number of hydrogen-bond donors (Lipinski definition) is 1. The molecule has 1 aliphatic rings. The molecule has 1 rings (SSSR count). The van der Waals surface area contributed by atoms with Crippen molar-refractivity contribution in [2.45, 2.75) is 12.8 Å². The van der Waals surface area contributed by atoms with Crippen molar-refractivity contribution in [3.63, 3.8) is 0 Å². The molecule has 1 amide bonds. The summed E-state index contributed by atoms with van der Waals surface area (Å²) in [5.41, 5.74) is 0. The number of piperidine rings is 1. The molecular formula is C9H15NO4S. The van der Waals surface area contributed by atoms with Crippen LogP contribution in [0.3, 0.4) is 0 Å². The fourth-order valence-electron chi connectivity index (χ4n) is 1.57. The van der Waals surface area contributed by atoms with Crippen LogP contribution in [0.4, 0.5) is 0 Å². The molecule has 5 nitrogen and oxygen atoms in total. The van der Waals surface area contributed by atoms with Gasteiger partial charge in [0.1, 0.15) is 0 Å². The van der Waals surface area contributed by atoms with Crippen molar-refractivity contribution in [2.75, 3.05) is 25.1 Å². The van der Waals surface area contributed by atoms with Crippen molar-refractivity contribution in [3.05, 3.63) is 0 Å². The molecule has 1 fully saturated rings. The van der Waals surface area contributed by atoms with Crippen LogP contribution >= 0.6 is 0 Å². The van der Waals surface area contributed by atoms with Crippen molar-refractivity contribution < 1.29 is 18.9 Å². The summed E-state index contributed by atoms with van der Waals surface area (Å²) in [4.78, 5) is 23.7. The lowest BCUT2D eigenvalue weighted by Crippen LogP contribution is -2.44. The Hall–Kier alpha value is -0.910. The van der Waals surface area contributed by atoms with Gasteiger partial charge in [0.05, 0.1) is 5.92 Å². The first-order valence-corrected chi connectivity index (χ1v) is 6.54. The third-order valence-corrected chi connectivity index (χ3v) is 3.26. The second kappa shape index (κ2) is 5.25. The second-order valence-corrected chi connectivity index (χ2v) is 5.25. The maximum atomic E-state index is 11.4. The van der Waals surface area contributed by atoms with Crippen LogP contribution in [0, 0.1) is 5.92 Å². The largest absolute Gasteiger partial charge is 0.481 e. The summed E-state index contributed by atoms with van der Waals surface area (Å²) >= 11 is 0. The van der Waals surface area contributed by atoms with Gasteiger partial charge in [-0.2, -0.15) is 0 Å². The highest BCUT2D eigenvalue weighted by Gasteiger charge is 2.29. The number of hydrogen-bond acceptors (Lipinski definition) is 3. The van der Waals surface area contributed by atoms with E-state index in [1.807, 2.05) is 0 Å². The Morgan fingerprint density at radius 3 is 2.87 bits per heavy atom. The van der Waals surface area contributed by atoms with Crippen molar-refractivity contribution in [1.82, 2.24) is 4.90 Å². The Kier molecular flexibility index (Phi) is 4.26. The van der Waals surface area contributed by atoms with E-state index in [9.17, 15) is 13.8 Å². The van der Waals surface area contributed by atoms with Gasteiger partial charge in [0.15, 0.2) is 0 Å². The van der Waals surface area contributed by atoms with E-state index in [0.717, 1.165) is 0 Å². The van der Waals surface area contributed by atoms with Gasteiger partial charge in [-0.1, -0.05) is 0 Å². The van der Waals surface area contributed by atoms with Gasteiger partial charge < -0.3 is 10.0 Å². The van der Waals surface area contributed by atoms with E-state index in [2.05, 4.69) is 0 Å². The minimum absolute atomic E-state index is 0.0297. The molecule has 6 heteroatoms. The molecule has 1 N–H and O–H groups in total. The average molecular weight is 233 g/mol. The van der Waals surface area contributed by atoms with Crippen LogP contribution in [0.1, 0.15) is 12.8 Å². The maximum absolute atomic E-state index is 11.4. The van der Waals surface area contributed by atoms with Crippen LogP contribution in [0.25, 0.3) is 0 Å². The van der Waals surface area contributed by atoms with E-state index in [0.29, 0.717) is 18.7 Å². The highest BCUT2D eigenvalue weighted by atomic mass is 32.2. The van der Waals surface area contributed by atoms with Crippen molar-refractivity contribution in [3.8, 4) is 0 Å². The first-order valence-electron chi connectivity index (χ1n) is 4.81. The zero-order chi connectivity index (χ0) is 11.4. The van der Waals surface area contributed by atoms with E-state index in [4.69, 9.17) is 5.11 Å². The minimum atomic E-state index is -0.945. The second-order valence-electron chi connectivity index (χ2n) is 3.69. The van der Waals surface area contributed by atoms with E-state index in [1.165, 1.54) is 4.90 Å². The molecule has 2 unspecified atom stereocenters. The summed E-state index contributed by atoms with van der Waals surface area (Å²) in [6.45, 7) is 0.650. The molecule has 0 aliphatic carbocycles. The molecule has 1 aliphatic heterocycles. The summed E-state index contributed by atoms with van der Waals surface area (Å²) in [5, 5.41) is 8.82. The first kappa shape index (κ1) is 12.2. The molecule has 86 valence electrons. The van der Waals surface area contributed by atoms with Gasteiger partial charge in [0.2, 0.25) is 5.91 Å². The van der Waals surface area contributed by atoms with Crippen molar-refractivity contribution in [2.24, 2.45) is 5.92 Å². The van der Waals surface area contributed by atoms with Crippen LogP contribution in [-0.4, -0.2) is 51.2 Å². The number of rotatable bonds is 4. The first-order chi connectivity index (χ1) is 7.00. The Labute approximate surface area is 90.9 Å². The molecule has 1 saturated heterocycles. The predicted octanol–water partition coefficient (Wildman–Crippen LogP) is -0.312. The van der Waals surface area contributed by atoms with Crippen molar-refractivity contribution >= 4 is 22.7 Å². The number of carboxylic acid groups (broad SMARTS) is 1. The monoisotopic (exact) mass is 233 g/mol.